The first-order valence-electron chi connectivity index (χ1n) is 2.60. The Kier molecular flexibility index (Phi) is 1.28. The highest BCUT2D eigenvalue weighted by Crippen LogP contribution is 1.93. The predicted octanol–water partition coefficient (Wildman–Crippen LogP) is -1.15. The van der Waals surface area contributed by atoms with Crippen molar-refractivity contribution in [1.29, 1.82) is 0 Å². The molecule has 0 amide bonds. The molecule has 1 aliphatic heterocycles. The average molecular weight is 112 g/mol. The molecule has 0 saturated carbocycles. The molecular weight excluding hydrogens is 104 g/mol. The highest BCUT2D eigenvalue weighted by atomic mass is 16.3. The Morgan fingerprint density at radius 2 is 2.62 bits per heavy atom. The van der Waals surface area contributed by atoms with Gasteiger partial charge in [0, 0.05) is 6.54 Å². The van der Waals surface area contributed by atoms with E-state index in [1.54, 1.807) is 4.90 Å². The summed E-state index contributed by atoms with van der Waals surface area (Å²) in [5, 5.41) is 10.5. The van der Waals surface area contributed by atoms with Gasteiger partial charge in [0.25, 0.3) is 0 Å². The summed E-state index contributed by atoms with van der Waals surface area (Å²) < 4.78 is 0. The van der Waals surface area contributed by atoms with Crippen LogP contribution in [0.4, 0.5) is 0 Å². The topological polar surface area (TPSA) is 38.7 Å². The Balaban J connectivity index is 2.46. The third-order valence-corrected chi connectivity index (χ3v) is 1.16. The van der Waals surface area contributed by atoms with Crippen LogP contribution in [0.25, 0.3) is 0 Å². The van der Waals surface area contributed by atoms with Crippen LogP contribution in [0.2, 0.25) is 0 Å². The van der Waals surface area contributed by atoms with Crippen LogP contribution in [0.3, 0.4) is 0 Å². The molecule has 0 aliphatic carbocycles. The SMILES string of the molecule is [CH2+]CN1CCN=C1[O-]. The van der Waals surface area contributed by atoms with Gasteiger partial charge >= 0.3 is 0 Å². The lowest BCUT2D eigenvalue weighted by atomic mass is 10.6. The fourth-order valence-corrected chi connectivity index (χ4v) is 0.669. The van der Waals surface area contributed by atoms with E-state index in [1.807, 2.05) is 0 Å². The third-order valence-electron chi connectivity index (χ3n) is 1.16. The van der Waals surface area contributed by atoms with Crippen LogP contribution in [0, 0.1) is 6.92 Å². The fourth-order valence-electron chi connectivity index (χ4n) is 0.669. The molecule has 0 unspecified atom stereocenters. The van der Waals surface area contributed by atoms with E-state index in [4.69, 9.17) is 0 Å². The molecule has 0 N–H and O–H groups in total. The van der Waals surface area contributed by atoms with Gasteiger partial charge in [-0.2, -0.15) is 0 Å². The zero-order chi connectivity index (χ0) is 5.98. The van der Waals surface area contributed by atoms with Crippen LogP contribution in [0.15, 0.2) is 4.99 Å². The van der Waals surface area contributed by atoms with Gasteiger partial charge in [0.2, 0.25) is 0 Å². The van der Waals surface area contributed by atoms with Crippen molar-refractivity contribution < 1.29 is 5.11 Å². The summed E-state index contributed by atoms with van der Waals surface area (Å²) >= 11 is 0. The van der Waals surface area contributed by atoms with E-state index in [0.717, 1.165) is 6.54 Å². The molecule has 3 heteroatoms. The average Bonchev–Trinajstić information content (AvgIpc) is 2.14. The van der Waals surface area contributed by atoms with E-state index in [9.17, 15) is 5.11 Å². The lowest BCUT2D eigenvalue weighted by Gasteiger charge is -2.17. The summed E-state index contributed by atoms with van der Waals surface area (Å²) in [6, 6.07) is -0.111. The fraction of sp³-hybridized carbons (Fsp3) is 0.600. The van der Waals surface area contributed by atoms with Crippen molar-refractivity contribution in [1.82, 2.24) is 4.90 Å². The Bertz CT molecular complexity index is 111. The minimum Gasteiger partial charge on any atom is -0.846 e. The number of hydrogen-bond acceptors (Lipinski definition) is 3. The minimum absolute atomic E-state index is 0.111. The lowest BCUT2D eigenvalue weighted by Crippen LogP contribution is -2.36. The second-order valence-electron chi connectivity index (χ2n) is 1.65. The molecule has 1 rings (SSSR count). The Labute approximate surface area is 48.6 Å². The van der Waals surface area contributed by atoms with Gasteiger partial charge in [0.05, 0.1) is 19.5 Å². The number of hydrogen-bond donors (Lipinski definition) is 0. The van der Waals surface area contributed by atoms with Crippen molar-refractivity contribution >= 4 is 6.02 Å². The summed E-state index contributed by atoms with van der Waals surface area (Å²) in [5.74, 6) is 0. The van der Waals surface area contributed by atoms with Crippen LogP contribution < -0.4 is 5.11 Å². The van der Waals surface area contributed by atoms with Crippen LogP contribution in [0.5, 0.6) is 0 Å². The first-order chi connectivity index (χ1) is 3.84. The van der Waals surface area contributed by atoms with Gasteiger partial charge in [-0.05, 0) is 0 Å². The van der Waals surface area contributed by atoms with E-state index < -0.39 is 0 Å². The van der Waals surface area contributed by atoms with Gasteiger partial charge < -0.3 is 10.0 Å². The van der Waals surface area contributed by atoms with Gasteiger partial charge in [-0.1, -0.05) is 0 Å². The van der Waals surface area contributed by atoms with Crippen molar-refractivity contribution in [3.05, 3.63) is 6.92 Å². The molecule has 0 fully saturated rings. The maximum Gasteiger partial charge on any atom is 0.157 e. The highest BCUT2D eigenvalue weighted by molar-refractivity contribution is 5.70. The van der Waals surface area contributed by atoms with Gasteiger partial charge in [-0.3, -0.25) is 4.99 Å². The summed E-state index contributed by atoms with van der Waals surface area (Å²) in [7, 11) is 0. The second kappa shape index (κ2) is 1.94. The van der Waals surface area contributed by atoms with Crippen molar-refractivity contribution in [3.8, 4) is 0 Å². The number of rotatable bonds is 1. The van der Waals surface area contributed by atoms with Crippen LogP contribution in [-0.4, -0.2) is 30.6 Å². The standard InChI is InChI=1S/C5H8N2O/c1-2-7-4-3-6-5(7)8/h1-4H2. The Morgan fingerprint density at radius 3 is 2.88 bits per heavy atom. The number of aliphatic imine (C=N–C) groups is 1. The van der Waals surface area contributed by atoms with Crippen molar-refractivity contribution in [2.24, 2.45) is 4.99 Å². The number of nitrogens with zero attached hydrogens (tertiary/aromatic N) is 2. The molecule has 0 spiro atoms. The highest BCUT2D eigenvalue weighted by Gasteiger charge is 2.06. The summed E-state index contributed by atoms with van der Waals surface area (Å²) in [4.78, 5) is 5.25. The first kappa shape index (κ1) is 5.28. The second-order valence-corrected chi connectivity index (χ2v) is 1.65. The van der Waals surface area contributed by atoms with Crippen molar-refractivity contribution in [3.63, 3.8) is 0 Å². The summed E-state index contributed by atoms with van der Waals surface area (Å²) in [5.41, 5.74) is 0. The number of amidine groups is 1. The van der Waals surface area contributed by atoms with E-state index in [-0.39, 0.29) is 6.02 Å². The molecule has 8 heavy (non-hydrogen) atoms. The third kappa shape index (κ3) is 0.710. The zero-order valence-electron chi connectivity index (χ0n) is 4.63. The smallest absolute Gasteiger partial charge is 0.157 e. The zero-order valence-corrected chi connectivity index (χ0v) is 4.63. The molecule has 0 saturated heterocycles. The molecular formula is C5H8N2O. The molecule has 44 valence electrons. The molecule has 3 nitrogen and oxygen atoms in total. The molecule has 0 radical (unpaired) electrons. The Morgan fingerprint density at radius 1 is 1.88 bits per heavy atom. The lowest BCUT2D eigenvalue weighted by molar-refractivity contribution is -0.231. The van der Waals surface area contributed by atoms with Gasteiger partial charge in [-0.15, -0.1) is 0 Å². The van der Waals surface area contributed by atoms with Crippen molar-refractivity contribution in [2.75, 3.05) is 19.6 Å². The molecule has 0 aromatic carbocycles. The maximum absolute atomic E-state index is 10.5. The van der Waals surface area contributed by atoms with Crippen molar-refractivity contribution in [2.45, 2.75) is 0 Å². The van der Waals surface area contributed by atoms with Crippen LogP contribution >= 0.6 is 0 Å². The maximum atomic E-state index is 10.5. The predicted molar refractivity (Wildman–Crippen MR) is 29.2 cm³/mol. The molecule has 0 bridgehead atoms. The van der Waals surface area contributed by atoms with Crippen LogP contribution in [-0.2, 0) is 0 Å². The van der Waals surface area contributed by atoms with Gasteiger partial charge in [0.15, 0.2) is 6.54 Å². The monoisotopic (exact) mass is 112 g/mol. The minimum atomic E-state index is -0.111. The van der Waals surface area contributed by atoms with E-state index >= 15 is 0 Å². The van der Waals surface area contributed by atoms with E-state index in [1.165, 1.54) is 0 Å². The van der Waals surface area contributed by atoms with Gasteiger partial charge in [0.1, 0.15) is 0 Å². The molecule has 0 aromatic rings. The van der Waals surface area contributed by atoms with E-state index in [0.29, 0.717) is 13.1 Å². The normalized spacial score (nSPS) is 19.0. The summed E-state index contributed by atoms with van der Waals surface area (Å²) in [6.45, 7) is 5.51. The largest absolute Gasteiger partial charge is 0.846 e. The van der Waals surface area contributed by atoms with Crippen LogP contribution in [0.1, 0.15) is 0 Å². The quantitative estimate of drug-likeness (QED) is 0.402. The molecule has 0 atom stereocenters. The van der Waals surface area contributed by atoms with E-state index in [2.05, 4.69) is 11.9 Å². The molecule has 1 heterocycles. The first-order valence-corrected chi connectivity index (χ1v) is 2.60. The Hall–Kier alpha value is -0.860. The van der Waals surface area contributed by atoms with Gasteiger partial charge in [-0.25, -0.2) is 0 Å². The molecule has 0 aromatic heterocycles. The molecule has 1 aliphatic rings. The summed E-state index contributed by atoms with van der Waals surface area (Å²) in [6.07, 6.45) is 0.